The molecule has 3 aromatic carbocycles. The molecule has 4 heteroatoms. The predicted molar refractivity (Wildman–Crippen MR) is 155 cm³/mol. The van der Waals surface area contributed by atoms with Gasteiger partial charge in [-0.3, -0.25) is 9.97 Å². The highest BCUT2D eigenvalue weighted by molar-refractivity contribution is 9.10. The molecule has 37 heavy (non-hydrogen) atoms. The van der Waals surface area contributed by atoms with Crippen LogP contribution in [0.3, 0.4) is 0 Å². The minimum atomic E-state index is 0.911. The van der Waals surface area contributed by atoms with Crippen LogP contribution >= 0.6 is 15.9 Å². The molecule has 0 aliphatic carbocycles. The van der Waals surface area contributed by atoms with Gasteiger partial charge in [0.05, 0.1) is 11.4 Å². The number of halogens is 1. The summed E-state index contributed by atoms with van der Waals surface area (Å²) in [6.45, 7) is 0. The highest BCUT2D eigenvalue weighted by Crippen LogP contribution is 2.33. The molecule has 0 N–H and O–H groups in total. The lowest BCUT2D eigenvalue weighted by atomic mass is 9.95. The third-order valence-electron chi connectivity index (χ3n) is 6.33. The summed E-state index contributed by atoms with van der Waals surface area (Å²) in [5, 5.41) is 0. The van der Waals surface area contributed by atoms with Gasteiger partial charge in [0.15, 0.2) is 0 Å². The topological polar surface area (TPSA) is 38.7 Å². The summed E-state index contributed by atoms with van der Waals surface area (Å²) in [7, 11) is 0. The summed E-state index contributed by atoms with van der Waals surface area (Å²) in [5.74, 6) is 0. The third kappa shape index (κ3) is 5.11. The van der Waals surface area contributed by atoms with E-state index in [1.165, 1.54) is 22.3 Å². The summed E-state index contributed by atoms with van der Waals surface area (Å²) in [5.41, 5.74) is 10.9. The van der Waals surface area contributed by atoms with Crippen LogP contribution in [0.2, 0.25) is 0 Å². The van der Waals surface area contributed by atoms with Gasteiger partial charge in [-0.1, -0.05) is 64.5 Å². The molecule has 0 aliphatic rings. The summed E-state index contributed by atoms with van der Waals surface area (Å²) in [4.78, 5) is 13.3. The average Bonchev–Trinajstić information content (AvgIpc) is 2.98. The van der Waals surface area contributed by atoms with E-state index in [1.54, 1.807) is 24.8 Å². The molecule has 0 fully saturated rings. The Morgan fingerprint density at radius 1 is 0.378 bits per heavy atom. The largest absolute Gasteiger partial charge is 0.265 e. The first-order valence-corrected chi connectivity index (χ1v) is 12.8. The number of pyridine rings is 3. The molecule has 0 saturated heterocycles. The van der Waals surface area contributed by atoms with Crippen molar-refractivity contribution in [3.8, 4) is 55.9 Å². The van der Waals surface area contributed by atoms with Crippen LogP contribution in [0, 0.1) is 0 Å². The Bertz CT molecular complexity index is 1620. The van der Waals surface area contributed by atoms with Gasteiger partial charge in [-0.15, -0.1) is 0 Å². The molecular formula is C33H22BrN3. The number of aromatic nitrogens is 3. The zero-order chi connectivity index (χ0) is 25.0. The quantitative estimate of drug-likeness (QED) is 0.219. The van der Waals surface area contributed by atoms with Crippen molar-refractivity contribution in [2.75, 3.05) is 0 Å². The van der Waals surface area contributed by atoms with Gasteiger partial charge in [-0.2, -0.15) is 0 Å². The van der Waals surface area contributed by atoms with E-state index in [1.807, 2.05) is 30.3 Å². The van der Waals surface area contributed by atoms with E-state index in [0.29, 0.717) is 0 Å². The summed E-state index contributed by atoms with van der Waals surface area (Å²) in [6.07, 6.45) is 7.20. The number of rotatable bonds is 5. The highest BCUT2D eigenvalue weighted by atomic mass is 79.9. The van der Waals surface area contributed by atoms with E-state index in [4.69, 9.17) is 4.98 Å². The van der Waals surface area contributed by atoms with Crippen molar-refractivity contribution >= 4 is 15.9 Å². The maximum atomic E-state index is 4.97. The molecule has 3 nitrogen and oxygen atoms in total. The Kier molecular flexibility index (Phi) is 6.40. The Labute approximate surface area is 224 Å². The van der Waals surface area contributed by atoms with E-state index in [0.717, 1.165) is 38.1 Å². The van der Waals surface area contributed by atoms with Crippen LogP contribution in [-0.4, -0.2) is 15.0 Å². The van der Waals surface area contributed by atoms with Crippen LogP contribution in [-0.2, 0) is 0 Å². The SMILES string of the molecule is Brc1cccc(-c2cccc(-c3cccc(-c4cc(-c5ccncc5)nc(-c5ccncc5)c4)c3)c2)c1. The van der Waals surface area contributed by atoms with Crippen molar-refractivity contribution in [2.24, 2.45) is 0 Å². The van der Waals surface area contributed by atoms with E-state index in [-0.39, 0.29) is 0 Å². The molecule has 0 aliphatic heterocycles. The zero-order valence-electron chi connectivity index (χ0n) is 19.9. The van der Waals surface area contributed by atoms with Crippen LogP contribution in [0.25, 0.3) is 55.9 Å². The Morgan fingerprint density at radius 2 is 0.784 bits per heavy atom. The highest BCUT2D eigenvalue weighted by Gasteiger charge is 2.10. The van der Waals surface area contributed by atoms with Crippen molar-refractivity contribution < 1.29 is 0 Å². The average molecular weight is 540 g/mol. The van der Waals surface area contributed by atoms with Gasteiger partial charge in [0, 0.05) is 40.4 Å². The number of nitrogens with zero attached hydrogens (tertiary/aromatic N) is 3. The predicted octanol–water partition coefficient (Wildman–Crippen LogP) is 8.97. The smallest absolute Gasteiger partial charge is 0.0716 e. The van der Waals surface area contributed by atoms with Crippen molar-refractivity contribution in [3.05, 3.63) is 138 Å². The normalized spacial score (nSPS) is 10.8. The minimum absolute atomic E-state index is 0.911. The maximum Gasteiger partial charge on any atom is 0.0716 e. The minimum Gasteiger partial charge on any atom is -0.265 e. The van der Waals surface area contributed by atoms with Crippen molar-refractivity contribution in [2.45, 2.75) is 0 Å². The first kappa shape index (κ1) is 23.0. The molecule has 3 heterocycles. The summed E-state index contributed by atoms with van der Waals surface area (Å²) >= 11 is 3.59. The van der Waals surface area contributed by atoms with Crippen LogP contribution in [0.15, 0.2) is 138 Å². The lowest BCUT2D eigenvalue weighted by Crippen LogP contribution is -1.92. The molecule has 0 radical (unpaired) electrons. The van der Waals surface area contributed by atoms with Crippen LogP contribution in [0.5, 0.6) is 0 Å². The fraction of sp³-hybridized carbons (Fsp3) is 0. The fourth-order valence-electron chi connectivity index (χ4n) is 4.46. The van der Waals surface area contributed by atoms with Gasteiger partial charge >= 0.3 is 0 Å². The first-order valence-electron chi connectivity index (χ1n) is 12.0. The van der Waals surface area contributed by atoms with Crippen LogP contribution in [0.4, 0.5) is 0 Å². The van der Waals surface area contributed by atoms with Gasteiger partial charge in [0.2, 0.25) is 0 Å². The molecular weight excluding hydrogens is 518 g/mol. The third-order valence-corrected chi connectivity index (χ3v) is 6.82. The van der Waals surface area contributed by atoms with Gasteiger partial charge in [0.25, 0.3) is 0 Å². The monoisotopic (exact) mass is 539 g/mol. The van der Waals surface area contributed by atoms with Crippen molar-refractivity contribution in [3.63, 3.8) is 0 Å². The zero-order valence-corrected chi connectivity index (χ0v) is 21.5. The van der Waals surface area contributed by atoms with E-state index < -0.39 is 0 Å². The lowest BCUT2D eigenvalue weighted by Gasteiger charge is -2.12. The van der Waals surface area contributed by atoms with Gasteiger partial charge in [-0.25, -0.2) is 4.98 Å². The van der Waals surface area contributed by atoms with E-state index in [2.05, 4.69) is 105 Å². The van der Waals surface area contributed by atoms with E-state index >= 15 is 0 Å². The van der Waals surface area contributed by atoms with E-state index in [9.17, 15) is 0 Å². The molecule has 0 bridgehead atoms. The number of hydrogen-bond acceptors (Lipinski definition) is 3. The molecule has 6 aromatic rings. The molecule has 0 saturated carbocycles. The van der Waals surface area contributed by atoms with Crippen LogP contribution < -0.4 is 0 Å². The second-order valence-corrected chi connectivity index (χ2v) is 9.69. The Hall–Kier alpha value is -4.41. The summed E-state index contributed by atoms with van der Waals surface area (Å²) in [6, 6.07) is 38.0. The number of hydrogen-bond donors (Lipinski definition) is 0. The van der Waals surface area contributed by atoms with Crippen molar-refractivity contribution in [1.29, 1.82) is 0 Å². The molecule has 176 valence electrons. The maximum absolute atomic E-state index is 4.97. The second kappa shape index (κ2) is 10.3. The van der Waals surface area contributed by atoms with Crippen LogP contribution in [0.1, 0.15) is 0 Å². The number of benzene rings is 3. The van der Waals surface area contributed by atoms with Crippen molar-refractivity contribution in [1.82, 2.24) is 15.0 Å². The van der Waals surface area contributed by atoms with Gasteiger partial charge < -0.3 is 0 Å². The Morgan fingerprint density at radius 3 is 1.24 bits per heavy atom. The summed E-state index contributed by atoms with van der Waals surface area (Å²) < 4.78 is 1.07. The molecule has 0 atom stereocenters. The molecule has 0 spiro atoms. The van der Waals surface area contributed by atoms with Gasteiger partial charge in [0.1, 0.15) is 0 Å². The molecule has 3 aromatic heterocycles. The molecule has 0 amide bonds. The standard InChI is InChI=1S/C33H22BrN3/c34-31-9-3-8-29(20-31)27-6-1-4-25(18-27)26-5-2-7-28(19-26)30-21-32(23-10-14-35-15-11-23)37-33(22-30)24-12-16-36-17-13-24/h1-22H. The molecule has 0 unspecified atom stereocenters. The van der Waals surface area contributed by atoms with Gasteiger partial charge in [-0.05, 0) is 94.0 Å². The lowest BCUT2D eigenvalue weighted by molar-refractivity contribution is 1.27. The second-order valence-electron chi connectivity index (χ2n) is 8.77. The Balaban J connectivity index is 1.44. The molecule has 6 rings (SSSR count). The first-order chi connectivity index (χ1) is 18.2. The fourth-order valence-corrected chi connectivity index (χ4v) is 4.86.